The van der Waals surface area contributed by atoms with Gasteiger partial charge in [-0.3, -0.25) is 0 Å². The molecular weight excluding hydrogens is 372 g/mol. The molecule has 1 atom stereocenters. The van der Waals surface area contributed by atoms with Crippen LogP contribution in [-0.4, -0.2) is 33.0 Å². The molecule has 6 heteroatoms. The van der Waals surface area contributed by atoms with Crippen LogP contribution < -0.4 is 11.1 Å². The van der Waals surface area contributed by atoms with E-state index in [1.807, 2.05) is 12.1 Å². The highest BCUT2D eigenvalue weighted by atomic mass is 15.3. The number of aromatic nitrogens is 4. The highest BCUT2D eigenvalue weighted by Gasteiger charge is 2.30. The van der Waals surface area contributed by atoms with Crippen LogP contribution in [0.5, 0.6) is 0 Å². The Kier molecular flexibility index (Phi) is 5.15. The highest BCUT2D eigenvalue weighted by Crippen LogP contribution is 2.37. The summed E-state index contributed by atoms with van der Waals surface area (Å²) in [5.74, 6) is 1.34. The molecule has 0 aliphatic heterocycles. The van der Waals surface area contributed by atoms with E-state index in [1.165, 1.54) is 24.0 Å². The van der Waals surface area contributed by atoms with Crippen LogP contribution in [-0.2, 0) is 0 Å². The maximum absolute atomic E-state index is 6.07. The summed E-state index contributed by atoms with van der Waals surface area (Å²) in [6, 6.07) is 23.9. The fraction of sp³-hybridized carbons (Fsp3) is 0.292. The molecule has 5 rings (SSSR count). The number of nitrogens with one attached hydrogen (secondary N) is 2. The maximum Gasteiger partial charge on any atom is 0.203 e. The number of fused-ring (bicyclic) bond motifs is 1. The first kappa shape index (κ1) is 18.8. The van der Waals surface area contributed by atoms with Gasteiger partial charge >= 0.3 is 0 Å². The van der Waals surface area contributed by atoms with Gasteiger partial charge in [0, 0.05) is 12.0 Å². The Morgan fingerprint density at radius 3 is 2.50 bits per heavy atom. The minimum absolute atomic E-state index is 0.182. The Hall–Kier alpha value is -3.25. The molecule has 4 aromatic rings. The van der Waals surface area contributed by atoms with Crippen LogP contribution in [0.25, 0.3) is 11.2 Å². The SMILES string of the molecule is Nc1cc(C(CCNC2CC(c3ccccc3)C2)c2ccccc2)c2n[nH]nc2n1. The summed E-state index contributed by atoms with van der Waals surface area (Å²) in [6.45, 7) is 0.938. The van der Waals surface area contributed by atoms with Crippen molar-refractivity contribution in [1.29, 1.82) is 0 Å². The summed E-state index contributed by atoms with van der Waals surface area (Å²) in [4.78, 5) is 4.30. The Balaban J connectivity index is 1.29. The van der Waals surface area contributed by atoms with Crippen molar-refractivity contribution >= 4 is 17.0 Å². The van der Waals surface area contributed by atoms with E-state index in [0.717, 1.165) is 24.0 Å². The molecule has 4 N–H and O–H groups in total. The number of hydrogen-bond donors (Lipinski definition) is 3. The number of benzene rings is 2. The van der Waals surface area contributed by atoms with E-state index in [-0.39, 0.29) is 5.92 Å². The average molecular weight is 399 g/mol. The summed E-state index contributed by atoms with van der Waals surface area (Å²) in [5.41, 5.74) is 11.2. The summed E-state index contributed by atoms with van der Waals surface area (Å²) in [6.07, 6.45) is 3.37. The largest absolute Gasteiger partial charge is 0.384 e. The van der Waals surface area contributed by atoms with Crippen LogP contribution in [0, 0.1) is 0 Å². The van der Waals surface area contributed by atoms with Gasteiger partial charge in [0.15, 0.2) is 0 Å². The van der Waals surface area contributed by atoms with Gasteiger partial charge in [-0.05, 0) is 54.5 Å². The summed E-state index contributed by atoms with van der Waals surface area (Å²) < 4.78 is 0. The molecule has 0 spiro atoms. The Bertz CT molecular complexity index is 1100. The molecule has 1 aliphatic carbocycles. The molecule has 1 fully saturated rings. The number of anilines is 1. The normalized spacial score (nSPS) is 19.5. The lowest BCUT2D eigenvalue weighted by Gasteiger charge is -2.36. The quantitative estimate of drug-likeness (QED) is 0.438. The lowest BCUT2D eigenvalue weighted by molar-refractivity contribution is 0.289. The molecule has 1 saturated carbocycles. The van der Waals surface area contributed by atoms with Crippen molar-refractivity contribution in [1.82, 2.24) is 25.7 Å². The fourth-order valence-electron chi connectivity index (χ4n) is 4.55. The number of H-pyrrole nitrogens is 1. The van der Waals surface area contributed by atoms with Crippen LogP contribution in [0.1, 0.15) is 47.8 Å². The number of nitrogen functional groups attached to an aromatic ring is 1. The second-order valence-corrected chi connectivity index (χ2v) is 8.11. The van der Waals surface area contributed by atoms with Crippen molar-refractivity contribution in [3.05, 3.63) is 83.4 Å². The van der Waals surface area contributed by atoms with Gasteiger partial charge in [-0.25, -0.2) is 4.98 Å². The van der Waals surface area contributed by atoms with E-state index in [9.17, 15) is 0 Å². The van der Waals surface area contributed by atoms with Crippen LogP contribution in [0.2, 0.25) is 0 Å². The third-order valence-electron chi connectivity index (χ3n) is 6.19. The van der Waals surface area contributed by atoms with Crippen LogP contribution in [0.3, 0.4) is 0 Å². The fourth-order valence-corrected chi connectivity index (χ4v) is 4.55. The lowest BCUT2D eigenvalue weighted by Crippen LogP contribution is -2.40. The first-order valence-corrected chi connectivity index (χ1v) is 10.6. The van der Waals surface area contributed by atoms with E-state index in [1.54, 1.807) is 0 Å². The molecule has 0 saturated heterocycles. The Morgan fingerprint density at radius 2 is 1.73 bits per heavy atom. The smallest absolute Gasteiger partial charge is 0.203 e. The minimum Gasteiger partial charge on any atom is -0.384 e. The van der Waals surface area contributed by atoms with Crippen molar-refractivity contribution in [2.24, 2.45) is 0 Å². The van der Waals surface area contributed by atoms with E-state index >= 15 is 0 Å². The van der Waals surface area contributed by atoms with Crippen molar-refractivity contribution in [3.63, 3.8) is 0 Å². The van der Waals surface area contributed by atoms with Crippen LogP contribution >= 0.6 is 0 Å². The molecular formula is C24H26N6. The van der Waals surface area contributed by atoms with Gasteiger partial charge < -0.3 is 11.1 Å². The molecule has 0 amide bonds. The monoisotopic (exact) mass is 398 g/mol. The first-order valence-electron chi connectivity index (χ1n) is 10.6. The topological polar surface area (TPSA) is 92.5 Å². The van der Waals surface area contributed by atoms with Gasteiger partial charge in [-0.1, -0.05) is 60.7 Å². The van der Waals surface area contributed by atoms with Crippen molar-refractivity contribution in [2.45, 2.75) is 37.1 Å². The Morgan fingerprint density at radius 1 is 1.00 bits per heavy atom. The van der Waals surface area contributed by atoms with Crippen molar-refractivity contribution in [2.75, 3.05) is 12.3 Å². The molecule has 6 nitrogen and oxygen atoms in total. The summed E-state index contributed by atoms with van der Waals surface area (Å²) in [5, 5.41) is 14.9. The number of nitrogens with two attached hydrogens (primary N) is 1. The second kappa shape index (κ2) is 8.24. The molecule has 2 aromatic carbocycles. The Labute approximate surface area is 175 Å². The standard InChI is InChI=1S/C24H26N6/c25-22-15-21(23-24(27-22)29-30-28-23)20(17-9-5-2-6-10-17)11-12-26-19-13-18(14-19)16-7-3-1-4-8-16/h1-10,15,18-20,26H,11-14H2,(H3,25,27,28,29,30). The van der Waals surface area contributed by atoms with Gasteiger partial charge in [0.1, 0.15) is 11.3 Å². The number of nitrogens with zero attached hydrogens (tertiary/aromatic N) is 3. The third-order valence-corrected chi connectivity index (χ3v) is 6.19. The molecule has 0 bridgehead atoms. The number of aromatic amines is 1. The van der Waals surface area contributed by atoms with Crippen molar-refractivity contribution in [3.8, 4) is 0 Å². The molecule has 30 heavy (non-hydrogen) atoms. The third kappa shape index (κ3) is 3.78. The van der Waals surface area contributed by atoms with Gasteiger partial charge in [0.05, 0.1) is 0 Å². The van der Waals surface area contributed by atoms with E-state index in [2.05, 4.69) is 80.3 Å². The van der Waals surface area contributed by atoms with Crippen molar-refractivity contribution < 1.29 is 0 Å². The number of hydrogen-bond acceptors (Lipinski definition) is 5. The van der Waals surface area contributed by atoms with Gasteiger partial charge in [0.25, 0.3) is 0 Å². The predicted molar refractivity (Wildman–Crippen MR) is 119 cm³/mol. The van der Waals surface area contributed by atoms with Crippen LogP contribution in [0.15, 0.2) is 66.7 Å². The zero-order valence-corrected chi connectivity index (χ0v) is 16.8. The lowest BCUT2D eigenvalue weighted by atomic mass is 9.76. The minimum atomic E-state index is 0.182. The molecule has 152 valence electrons. The predicted octanol–water partition coefficient (Wildman–Crippen LogP) is 3.99. The number of pyridine rings is 1. The zero-order valence-electron chi connectivity index (χ0n) is 16.8. The highest BCUT2D eigenvalue weighted by molar-refractivity contribution is 5.77. The van der Waals surface area contributed by atoms with E-state index < -0.39 is 0 Å². The summed E-state index contributed by atoms with van der Waals surface area (Å²) >= 11 is 0. The first-order chi connectivity index (χ1) is 14.8. The van der Waals surface area contributed by atoms with E-state index in [4.69, 9.17) is 5.73 Å². The molecule has 1 aliphatic rings. The van der Waals surface area contributed by atoms with Gasteiger partial charge in [0.2, 0.25) is 5.65 Å². The van der Waals surface area contributed by atoms with Crippen LogP contribution in [0.4, 0.5) is 5.82 Å². The van der Waals surface area contributed by atoms with Gasteiger partial charge in [-0.15, -0.1) is 5.10 Å². The van der Waals surface area contributed by atoms with Gasteiger partial charge in [-0.2, -0.15) is 10.3 Å². The number of rotatable bonds is 7. The average Bonchev–Trinajstić information content (AvgIpc) is 3.22. The van der Waals surface area contributed by atoms with E-state index in [0.29, 0.717) is 23.4 Å². The molecule has 2 heterocycles. The molecule has 0 radical (unpaired) electrons. The summed E-state index contributed by atoms with van der Waals surface area (Å²) in [7, 11) is 0. The molecule has 2 aromatic heterocycles. The second-order valence-electron chi connectivity index (χ2n) is 8.11. The molecule has 1 unspecified atom stereocenters. The maximum atomic E-state index is 6.07. The zero-order chi connectivity index (χ0) is 20.3.